The van der Waals surface area contributed by atoms with Gasteiger partial charge in [0.2, 0.25) is 0 Å². The van der Waals surface area contributed by atoms with E-state index in [0.29, 0.717) is 0 Å². The third-order valence-electron chi connectivity index (χ3n) is 3.55. The molecule has 2 aromatic rings. The van der Waals surface area contributed by atoms with E-state index in [1.165, 1.54) is 5.56 Å². The normalized spacial score (nSPS) is 24.3. The molecule has 3 heteroatoms. The van der Waals surface area contributed by atoms with Crippen LogP contribution in [-0.4, -0.2) is 17.6 Å². The Morgan fingerprint density at radius 3 is 3.00 bits per heavy atom. The van der Waals surface area contributed by atoms with E-state index in [4.69, 9.17) is 10.5 Å². The molecular formula is C15H18N2O. The summed E-state index contributed by atoms with van der Waals surface area (Å²) < 4.78 is 5.89. The molecule has 2 unspecified atom stereocenters. The van der Waals surface area contributed by atoms with Gasteiger partial charge in [0.15, 0.2) is 0 Å². The fourth-order valence-electron chi connectivity index (χ4n) is 2.70. The molecule has 1 aromatic heterocycles. The molecule has 1 aromatic carbocycles. The molecule has 2 N–H and O–H groups in total. The Hall–Kier alpha value is -1.45. The number of hydrogen-bond donors (Lipinski definition) is 1. The van der Waals surface area contributed by atoms with Gasteiger partial charge in [-0.1, -0.05) is 18.2 Å². The number of benzene rings is 1. The molecule has 0 amide bonds. The summed E-state index contributed by atoms with van der Waals surface area (Å²) in [4.78, 5) is 4.56. The van der Waals surface area contributed by atoms with Crippen LogP contribution in [0.5, 0.6) is 0 Å². The molecule has 1 aliphatic heterocycles. The van der Waals surface area contributed by atoms with Gasteiger partial charge in [0, 0.05) is 23.7 Å². The van der Waals surface area contributed by atoms with Crippen molar-refractivity contribution in [1.82, 2.24) is 4.98 Å². The zero-order valence-electron chi connectivity index (χ0n) is 10.6. The Bertz CT molecular complexity index is 567. The van der Waals surface area contributed by atoms with E-state index in [1.807, 2.05) is 25.1 Å². The van der Waals surface area contributed by atoms with Crippen molar-refractivity contribution < 1.29 is 4.74 Å². The minimum atomic E-state index is 0.00495. The van der Waals surface area contributed by atoms with Crippen molar-refractivity contribution in [3.05, 3.63) is 41.6 Å². The van der Waals surface area contributed by atoms with Crippen LogP contribution >= 0.6 is 0 Å². The molecule has 0 radical (unpaired) electrons. The van der Waals surface area contributed by atoms with Gasteiger partial charge in [0.1, 0.15) is 0 Å². The quantitative estimate of drug-likeness (QED) is 0.836. The average Bonchev–Trinajstić information content (AvgIpc) is 2.38. The van der Waals surface area contributed by atoms with Gasteiger partial charge >= 0.3 is 0 Å². The average molecular weight is 242 g/mol. The van der Waals surface area contributed by atoms with Gasteiger partial charge in [-0.25, -0.2) is 0 Å². The van der Waals surface area contributed by atoms with Crippen LogP contribution in [-0.2, 0) is 4.74 Å². The molecule has 1 aliphatic rings. The number of rotatable bonds is 1. The standard InChI is InChI=1S/C15H18N2O/c1-10-9-12(15-13(16)6-4-8-18-15)11-5-2-3-7-14(11)17-10/h2-3,5,7,9,13,15H,4,6,8,16H2,1H3. The maximum Gasteiger partial charge on any atom is 0.0982 e. The molecule has 94 valence electrons. The maximum atomic E-state index is 6.21. The highest BCUT2D eigenvalue weighted by molar-refractivity contribution is 5.82. The van der Waals surface area contributed by atoms with E-state index in [1.54, 1.807) is 0 Å². The Morgan fingerprint density at radius 2 is 2.17 bits per heavy atom. The third-order valence-corrected chi connectivity index (χ3v) is 3.55. The van der Waals surface area contributed by atoms with E-state index >= 15 is 0 Å². The van der Waals surface area contributed by atoms with Crippen LogP contribution in [0.2, 0.25) is 0 Å². The fraction of sp³-hybridized carbons (Fsp3) is 0.400. The predicted molar refractivity (Wildman–Crippen MR) is 72.4 cm³/mol. The predicted octanol–water partition coefficient (Wildman–Crippen LogP) is 2.72. The number of nitrogens with two attached hydrogens (primary N) is 1. The number of nitrogens with zero attached hydrogens (tertiary/aromatic N) is 1. The molecule has 2 heterocycles. The van der Waals surface area contributed by atoms with E-state index in [0.717, 1.165) is 36.0 Å². The van der Waals surface area contributed by atoms with Crippen molar-refractivity contribution >= 4 is 10.9 Å². The van der Waals surface area contributed by atoms with Gasteiger partial charge in [0.05, 0.1) is 11.6 Å². The number of fused-ring (bicyclic) bond motifs is 1. The lowest BCUT2D eigenvalue weighted by Gasteiger charge is -2.30. The first kappa shape index (κ1) is 11.6. The van der Waals surface area contributed by atoms with Crippen molar-refractivity contribution in [2.24, 2.45) is 5.73 Å². The first-order valence-corrected chi connectivity index (χ1v) is 6.49. The largest absolute Gasteiger partial charge is 0.372 e. The van der Waals surface area contributed by atoms with E-state index in [-0.39, 0.29) is 12.1 Å². The lowest BCUT2D eigenvalue weighted by atomic mass is 9.94. The zero-order valence-corrected chi connectivity index (χ0v) is 10.6. The van der Waals surface area contributed by atoms with Crippen LogP contribution in [0.3, 0.4) is 0 Å². The number of hydrogen-bond acceptors (Lipinski definition) is 3. The molecule has 1 saturated heterocycles. The van der Waals surface area contributed by atoms with Gasteiger partial charge in [-0.15, -0.1) is 0 Å². The van der Waals surface area contributed by atoms with Crippen molar-refractivity contribution in [1.29, 1.82) is 0 Å². The van der Waals surface area contributed by atoms with E-state index in [9.17, 15) is 0 Å². The Kier molecular flexibility index (Phi) is 3.02. The summed E-state index contributed by atoms with van der Waals surface area (Å²) in [5.74, 6) is 0. The number of aryl methyl sites for hydroxylation is 1. The summed E-state index contributed by atoms with van der Waals surface area (Å²) in [6.07, 6.45) is 2.09. The first-order valence-electron chi connectivity index (χ1n) is 6.49. The van der Waals surface area contributed by atoms with E-state index < -0.39 is 0 Å². The van der Waals surface area contributed by atoms with Gasteiger partial charge in [-0.3, -0.25) is 4.98 Å². The smallest absolute Gasteiger partial charge is 0.0982 e. The molecule has 0 aliphatic carbocycles. The van der Waals surface area contributed by atoms with Crippen molar-refractivity contribution in [2.45, 2.75) is 31.9 Å². The molecule has 0 bridgehead atoms. The highest BCUT2D eigenvalue weighted by Crippen LogP contribution is 2.32. The second-order valence-corrected chi connectivity index (χ2v) is 4.97. The van der Waals surface area contributed by atoms with E-state index in [2.05, 4.69) is 17.1 Å². The summed E-state index contributed by atoms with van der Waals surface area (Å²) >= 11 is 0. The minimum Gasteiger partial charge on any atom is -0.372 e. The van der Waals surface area contributed by atoms with Crippen molar-refractivity contribution in [3.8, 4) is 0 Å². The number of ether oxygens (including phenoxy) is 1. The van der Waals surface area contributed by atoms with Gasteiger partial charge < -0.3 is 10.5 Å². The SMILES string of the molecule is Cc1cc(C2OCCCC2N)c2ccccc2n1. The Labute approximate surface area is 107 Å². The minimum absolute atomic E-state index is 0.00495. The summed E-state index contributed by atoms with van der Waals surface area (Å²) in [6.45, 7) is 2.82. The molecule has 0 saturated carbocycles. The highest BCUT2D eigenvalue weighted by atomic mass is 16.5. The van der Waals surface area contributed by atoms with Crippen LogP contribution < -0.4 is 5.73 Å². The second-order valence-electron chi connectivity index (χ2n) is 4.97. The maximum absolute atomic E-state index is 6.21. The lowest BCUT2D eigenvalue weighted by molar-refractivity contribution is 0.000971. The van der Waals surface area contributed by atoms with Crippen molar-refractivity contribution in [3.63, 3.8) is 0 Å². The molecule has 3 nitrogen and oxygen atoms in total. The second kappa shape index (κ2) is 4.67. The lowest BCUT2D eigenvalue weighted by Crippen LogP contribution is -2.34. The van der Waals surface area contributed by atoms with Crippen LogP contribution in [0.4, 0.5) is 0 Å². The van der Waals surface area contributed by atoms with Crippen LogP contribution in [0.15, 0.2) is 30.3 Å². The van der Waals surface area contributed by atoms with Crippen LogP contribution in [0, 0.1) is 6.92 Å². The summed E-state index contributed by atoms with van der Waals surface area (Å²) in [5.41, 5.74) is 9.43. The van der Waals surface area contributed by atoms with Crippen molar-refractivity contribution in [2.75, 3.05) is 6.61 Å². The summed E-state index contributed by atoms with van der Waals surface area (Å²) in [6, 6.07) is 10.4. The third kappa shape index (κ3) is 2.00. The molecule has 0 spiro atoms. The molecule has 1 fully saturated rings. The van der Waals surface area contributed by atoms with Crippen LogP contribution in [0.25, 0.3) is 10.9 Å². The zero-order chi connectivity index (χ0) is 12.5. The molecule has 3 rings (SSSR count). The number of pyridine rings is 1. The summed E-state index contributed by atoms with van der Waals surface area (Å²) in [7, 11) is 0. The molecular weight excluding hydrogens is 224 g/mol. The topological polar surface area (TPSA) is 48.1 Å². The monoisotopic (exact) mass is 242 g/mol. The van der Waals surface area contributed by atoms with Gasteiger partial charge in [0.25, 0.3) is 0 Å². The molecule has 2 atom stereocenters. The summed E-state index contributed by atoms with van der Waals surface area (Å²) in [5, 5.41) is 1.16. The van der Waals surface area contributed by atoms with Gasteiger partial charge in [-0.05, 0) is 37.5 Å². The first-order chi connectivity index (χ1) is 8.75. The Balaban J connectivity index is 2.15. The number of aromatic nitrogens is 1. The number of para-hydroxylation sites is 1. The van der Waals surface area contributed by atoms with Crippen LogP contribution in [0.1, 0.15) is 30.2 Å². The fourth-order valence-corrected chi connectivity index (χ4v) is 2.70. The highest BCUT2D eigenvalue weighted by Gasteiger charge is 2.26. The van der Waals surface area contributed by atoms with Gasteiger partial charge in [-0.2, -0.15) is 0 Å². The Morgan fingerprint density at radius 1 is 1.33 bits per heavy atom. The molecule has 18 heavy (non-hydrogen) atoms.